The highest BCUT2D eigenvalue weighted by Crippen LogP contribution is 2.42. The summed E-state index contributed by atoms with van der Waals surface area (Å²) in [5.74, 6) is -0.836. The van der Waals surface area contributed by atoms with Crippen LogP contribution in [0, 0.1) is 0 Å². The molecular weight excluding hydrogens is 420 g/mol. The SMILES string of the molecule is COc1ccc(C(C)(C)C)cc1/C(O)=C1\C(=O)C(=O)N(Cc2ccco2)C1c1cccnc1. The number of aliphatic hydroxyl groups is 1. The summed E-state index contributed by atoms with van der Waals surface area (Å²) in [4.78, 5) is 31.9. The van der Waals surface area contributed by atoms with Gasteiger partial charge < -0.3 is 19.2 Å². The third-order valence-electron chi connectivity index (χ3n) is 5.77. The van der Waals surface area contributed by atoms with E-state index >= 15 is 0 Å². The fraction of sp³-hybridized carbons (Fsp3) is 0.269. The minimum Gasteiger partial charge on any atom is -0.507 e. The Labute approximate surface area is 192 Å². The number of aliphatic hydroxyl groups excluding tert-OH is 1. The molecule has 1 saturated heterocycles. The lowest BCUT2D eigenvalue weighted by Gasteiger charge is -2.25. The molecule has 7 heteroatoms. The first kappa shape index (κ1) is 22.3. The summed E-state index contributed by atoms with van der Waals surface area (Å²) < 4.78 is 10.9. The van der Waals surface area contributed by atoms with Gasteiger partial charge in [-0.1, -0.05) is 32.9 Å². The molecule has 1 amide bonds. The minimum absolute atomic E-state index is 0.0103. The van der Waals surface area contributed by atoms with Crippen molar-refractivity contribution in [3.63, 3.8) is 0 Å². The number of likely N-dealkylation sites (tertiary alicyclic amines) is 1. The standard InChI is InChI=1S/C26H26N2O5/c1-26(2,3)17-9-10-20(32-4)19(13-17)23(29)21-22(16-7-5-11-27-14-16)28(25(31)24(21)30)15-18-8-6-12-33-18/h5-14,22,29H,15H2,1-4H3/b23-21+. The molecule has 170 valence electrons. The summed E-state index contributed by atoms with van der Waals surface area (Å²) in [6, 6.07) is 11.6. The molecule has 7 nitrogen and oxygen atoms in total. The number of furan rings is 1. The zero-order valence-electron chi connectivity index (χ0n) is 19.0. The van der Waals surface area contributed by atoms with Gasteiger partial charge in [-0.3, -0.25) is 14.6 Å². The highest BCUT2D eigenvalue weighted by molar-refractivity contribution is 6.46. The van der Waals surface area contributed by atoms with Gasteiger partial charge in [0.05, 0.1) is 37.1 Å². The van der Waals surface area contributed by atoms with Crippen LogP contribution in [0.25, 0.3) is 5.76 Å². The number of methoxy groups -OCH3 is 1. The Balaban J connectivity index is 1.92. The van der Waals surface area contributed by atoms with Crippen molar-refractivity contribution in [2.45, 2.75) is 38.8 Å². The quantitative estimate of drug-likeness (QED) is 0.350. The van der Waals surface area contributed by atoms with Crippen LogP contribution in [0.1, 0.15) is 49.3 Å². The van der Waals surface area contributed by atoms with Crippen LogP contribution in [0.2, 0.25) is 0 Å². The number of carbonyl (C=O) groups excluding carboxylic acids is 2. The number of amides is 1. The fourth-order valence-corrected chi connectivity index (χ4v) is 4.00. The number of hydrogen-bond acceptors (Lipinski definition) is 6. The monoisotopic (exact) mass is 446 g/mol. The number of carbonyl (C=O) groups is 2. The van der Waals surface area contributed by atoms with Gasteiger partial charge in [-0.2, -0.15) is 0 Å². The van der Waals surface area contributed by atoms with Crippen LogP contribution in [0.15, 0.2) is 71.1 Å². The molecule has 0 saturated carbocycles. The lowest BCUT2D eigenvalue weighted by Crippen LogP contribution is -2.29. The first-order chi connectivity index (χ1) is 15.7. The topological polar surface area (TPSA) is 92.9 Å². The maximum atomic E-state index is 13.2. The van der Waals surface area contributed by atoms with Gasteiger partial charge in [0.15, 0.2) is 0 Å². The molecule has 3 heterocycles. The molecule has 2 aromatic heterocycles. The Kier molecular flexibility index (Phi) is 5.80. The number of nitrogens with zero attached hydrogens (tertiary/aromatic N) is 2. The Morgan fingerprint density at radius 1 is 1.18 bits per heavy atom. The summed E-state index contributed by atoms with van der Waals surface area (Å²) >= 11 is 0. The van der Waals surface area contributed by atoms with Gasteiger partial charge in [-0.15, -0.1) is 0 Å². The summed E-state index contributed by atoms with van der Waals surface area (Å²) in [5.41, 5.74) is 1.71. The highest BCUT2D eigenvalue weighted by Gasteiger charge is 2.46. The van der Waals surface area contributed by atoms with Crippen LogP contribution < -0.4 is 4.74 Å². The van der Waals surface area contributed by atoms with Gasteiger partial charge in [0.25, 0.3) is 11.7 Å². The number of ether oxygens (including phenoxy) is 1. The van der Waals surface area contributed by atoms with Crippen LogP contribution >= 0.6 is 0 Å². The molecular formula is C26H26N2O5. The molecule has 1 fully saturated rings. The summed E-state index contributed by atoms with van der Waals surface area (Å²) in [6.45, 7) is 6.23. The Morgan fingerprint density at radius 3 is 2.58 bits per heavy atom. The van der Waals surface area contributed by atoms with Crippen LogP contribution in [-0.2, 0) is 21.5 Å². The summed E-state index contributed by atoms with van der Waals surface area (Å²) in [7, 11) is 1.50. The van der Waals surface area contributed by atoms with Crippen molar-refractivity contribution in [2.75, 3.05) is 7.11 Å². The van der Waals surface area contributed by atoms with Crippen molar-refractivity contribution < 1.29 is 23.8 Å². The van der Waals surface area contributed by atoms with E-state index in [4.69, 9.17) is 9.15 Å². The summed E-state index contributed by atoms with van der Waals surface area (Å²) in [6.07, 6.45) is 4.70. The molecule has 1 unspecified atom stereocenters. The van der Waals surface area contributed by atoms with E-state index in [1.807, 2.05) is 6.07 Å². The second-order valence-corrected chi connectivity index (χ2v) is 8.96. The molecule has 0 bridgehead atoms. The van der Waals surface area contributed by atoms with E-state index in [1.54, 1.807) is 48.8 Å². The number of hydrogen-bond donors (Lipinski definition) is 1. The lowest BCUT2D eigenvalue weighted by molar-refractivity contribution is -0.140. The van der Waals surface area contributed by atoms with Gasteiger partial charge in [-0.05, 0) is 46.9 Å². The van der Waals surface area contributed by atoms with E-state index in [0.717, 1.165) is 5.56 Å². The maximum absolute atomic E-state index is 13.2. The normalized spacial score (nSPS) is 18.1. The fourth-order valence-electron chi connectivity index (χ4n) is 4.00. The smallest absolute Gasteiger partial charge is 0.296 e. The molecule has 4 rings (SSSR count). The molecule has 0 aliphatic carbocycles. The van der Waals surface area contributed by atoms with Crippen LogP contribution in [-0.4, -0.2) is 33.8 Å². The first-order valence-electron chi connectivity index (χ1n) is 10.6. The number of rotatable bonds is 5. The van der Waals surface area contributed by atoms with Gasteiger partial charge in [-0.25, -0.2) is 0 Å². The third-order valence-corrected chi connectivity index (χ3v) is 5.77. The van der Waals surface area contributed by atoms with Crippen LogP contribution in [0.3, 0.4) is 0 Å². The van der Waals surface area contributed by atoms with Gasteiger partial charge in [0.2, 0.25) is 0 Å². The minimum atomic E-state index is -0.827. The zero-order chi connectivity index (χ0) is 23.8. The average Bonchev–Trinajstić information content (AvgIpc) is 3.40. The van der Waals surface area contributed by atoms with Gasteiger partial charge in [0, 0.05) is 12.4 Å². The number of benzene rings is 1. The molecule has 1 N–H and O–H groups in total. The maximum Gasteiger partial charge on any atom is 0.296 e. The molecule has 3 aromatic rings. The second kappa shape index (κ2) is 8.58. The van der Waals surface area contributed by atoms with E-state index in [0.29, 0.717) is 22.6 Å². The van der Waals surface area contributed by atoms with Gasteiger partial charge >= 0.3 is 0 Å². The molecule has 1 aliphatic rings. The van der Waals surface area contributed by atoms with Crippen molar-refractivity contribution in [1.82, 2.24) is 9.88 Å². The summed E-state index contributed by atoms with van der Waals surface area (Å²) in [5, 5.41) is 11.4. The molecule has 1 aliphatic heterocycles. The highest BCUT2D eigenvalue weighted by atomic mass is 16.5. The van der Waals surface area contributed by atoms with E-state index in [-0.39, 0.29) is 23.3 Å². The second-order valence-electron chi connectivity index (χ2n) is 8.96. The van der Waals surface area contributed by atoms with Crippen molar-refractivity contribution in [3.05, 3.63) is 89.1 Å². The predicted molar refractivity (Wildman–Crippen MR) is 122 cm³/mol. The van der Waals surface area contributed by atoms with Crippen molar-refractivity contribution >= 4 is 17.4 Å². The van der Waals surface area contributed by atoms with E-state index in [2.05, 4.69) is 25.8 Å². The molecule has 0 spiro atoms. The van der Waals surface area contributed by atoms with Crippen LogP contribution in [0.5, 0.6) is 5.75 Å². The Morgan fingerprint density at radius 2 is 1.97 bits per heavy atom. The first-order valence-corrected chi connectivity index (χ1v) is 10.6. The van der Waals surface area contributed by atoms with Crippen LogP contribution in [0.4, 0.5) is 0 Å². The van der Waals surface area contributed by atoms with Crippen molar-refractivity contribution in [2.24, 2.45) is 0 Å². The number of Topliss-reactive ketones (excluding diaryl/α,β-unsaturated/α-hetero) is 1. The van der Waals surface area contributed by atoms with Crippen molar-refractivity contribution in [1.29, 1.82) is 0 Å². The lowest BCUT2D eigenvalue weighted by atomic mass is 9.85. The molecule has 1 atom stereocenters. The zero-order valence-corrected chi connectivity index (χ0v) is 19.0. The number of aromatic nitrogens is 1. The predicted octanol–water partition coefficient (Wildman–Crippen LogP) is 4.60. The van der Waals surface area contributed by atoms with Crippen molar-refractivity contribution in [3.8, 4) is 5.75 Å². The average molecular weight is 447 g/mol. The number of pyridine rings is 1. The van der Waals surface area contributed by atoms with E-state index in [9.17, 15) is 14.7 Å². The Hall–Kier alpha value is -3.87. The molecule has 33 heavy (non-hydrogen) atoms. The van der Waals surface area contributed by atoms with E-state index < -0.39 is 17.7 Å². The largest absolute Gasteiger partial charge is 0.507 e. The Bertz CT molecular complexity index is 1210. The number of ketones is 1. The third kappa shape index (κ3) is 4.14. The van der Waals surface area contributed by atoms with E-state index in [1.165, 1.54) is 18.3 Å². The molecule has 0 radical (unpaired) electrons. The van der Waals surface area contributed by atoms with Gasteiger partial charge in [0.1, 0.15) is 17.3 Å². The molecule has 1 aromatic carbocycles.